The van der Waals surface area contributed by atoms with Crippen molar-refractivity contribution in [3.8, 4) is 0 Å². The number of fused-ring (bicyclic) bond motifs is 6. The minimum absolute atomic E-state index is 1.03. The van der Waals surface area contributed by atoms with Crippen molar-refractivity contribution in [3.63, 3.8) is 0 Å². The smallest absolute Gasteiger partial charge is 0.0323 e. The zero-order chi connectivity index (χ0) is 21.5. The molecule has 0 radical (unpaired) electrons. The predicted octanol–water partition coefficient (Wildman–Crippen LogP) is 9.44. The van der Waals surface area contributed by atoms with Crippen LogP contribution < -0.4 is 0 Å². The minimum Gasteiger partial charge on any atom is -0.103 e. The molecule has 0 aliphatic heterocycles. The van der Waals surface area contributed by atoms with Gasteiger partial charge in [-0.25, -0.2) is 0 Å². The summed E-state index contributed by atoms with van der Waals surface area (Å²) in [5, 5.41) is 0. The zero-order valence-electron chi connectivity index (χ0n) is 21.1. The van der Waals surface area contributed by atoms with Crippen molar-refractivity contribution in [2.45, 2.75) is 122 Å². The van der Waals surface area contributed by atoms with Gasteiger partial charge in [0.2, 0.25) is 0 Å². The van der Waals surface area contributed by atoms with Crippen molar-refractivity contribution < 1.29 is 0 Å². The summed E-state index contributed by atoms with van der Waals surface area (Å²) >= 11 is 0. The summed E-state index contributed by atoms with van der Waals surface area (Å²) in [6, 6.07) is 0. The van der Waals surface area contributed by atoms with E-state index in [9.17, 15) is 0 Å². The number of rotatable bonds is 6. The third-order valence-electron chi connectivity index (χ3n) is 12.5. The molecule has 0 aromatic carbocycles. The number of hydrogen-bond donors (Lipinski definition) is 0. The second-order valence-corrected chi connectivity index (χ2v) is 13.6. The first kappa shape index (κ1) is 22.2. The van der Waals surface area contributed by atoms with Gasteiger partial charge in [-0.3, -0.25) is 0 Å². The Morgan fingerprint density at radius 2 is 0.906 bits per heavy atom. The molecule has 0 amide bonds. The Hall–Kier alpha value is -0.260. The lowest BCUT2D eigenvalue weighted by Gasteiger charge is -2.40. The molecule has 6 aliphatic carbocycles. The standard InChI is InChI=1S/C32H52/c1-2-3-12-22(32-29-19-10-8-15-25(29)26-16-9-11-20-30(26)32)21-31-27-17-6-4-13-23(27)24-14-5-7-18-28(24)31/h2,22-32H,1,3-21H2. The largest absolute Gasteiger partial charge is 0.103 e. The van der Waals surface area contributed by atoms with E-state index in [0.717, 1.165) is 65.1 Å². The van der Waals surface area contributed by atoms with Crippen LogP contribution in [0.2, 0.25) is 0 Å². The van der Waals surface area contributed by atoms with Gasteiger partial charge in [0.15, 0.2) is 0 Å². The van der Waals surface area contributed by atoms with Crippen LogP contribution in [-0.2, 0) is 0 Å². The lowest BCUT2D eigenvalue weighted by Crippen LogP contribution is -2.32. The van der Waals surface area contributed by atoms with Crippen LogP contribution in [0, 0.1) is 65.1 Å². The molecule has 6 saturated carbocycles. The summed E-state index contributed by atoms with van der Waals surface area (Å²) in [4.78, 5) is 0. The van der Waals surface area contributed by atoms with Gasteiger partial charge < -0.3 is 0 Å². The number of hydrogen-bond acceptors (Lipinski definition) is 0. The van der Waals surface area contributed by atoms with E-state index in [1.165, 1.54) is 12.8 Å². The molecule has 9 atom stereocenters. The van der Waals surface area contributed by atoms with Gasteiger partial charge in [0.25, 0.3) is 0 Å². The summed E-state index contributed by atoms with van der Waals surface area (Å²) in [6.45, 7) is 4.19. The molecule has 6 fully saturated rings. The van der Waals surface area contributed by atoms with Crippen molar-refractivity contribution in [3.05, 3.63) is 12.7 Å². The van der Waals surface area contributed by atoms with E-state index in [4.69, 9.17) is 0 Å². The summed E-state index contributed by atoms with van der Waals surface area (Å²) in [7, 11) is 0. The van der Waals surface area contributed by atoms with E-state index in [0.29, 0.717) is 0 Å². The Bertz CT molecular complexity index is 590. The second-order valence-electron chi connectivity index (χ2n) is 13.6. The Morgan fingerprint density at radius 3 is 1.34 bits per heavy atom. The maximum absolute atomic E-state index is 4.19. The molecule has 0 bridgehead atoms. The molecule has 0 heterocycles. The molecule has 0 spiro atoms. The first-order valence-corrected chi connectivity index (χ1v) is 15.5. The highest BCUT2D eigenvalue weighted by Gasteiger charge is 2.55. The molecule has 6 rings (SSSR count). The van der Waals surface area contributed by atoms with E-state index >= 15 is 0 Å². The van der Waals surface area contributed by atoms with Crippen LogP contribution in [0.25, 0.3) is 0 Å². The third kappa shape index (κ3) is 3.86. The topological polar surface area (TPSA) is 0 Å². The zero-order valence-corrected chi connectivity index (χ0v) is 21.1. The lowest BCUT2D eigenvalue weighted by molar-refractivity contribution is 0.0923. The van der Waals surface area contributed by atoms with Crippen LogP contribution in [-0.4, -0.2) is 0 Å². The summed E-state index contributed by atoms with van der Waals surface area (Å²) in [5.41, 5.74) is 0. The molecule has 32 heavy (non-hydrogen) atoms. The summed E-state index contributed by atoms with van der Waals surface area (Å²) in [6.07, 6.45) is 31.8. The Labute approximate surface area is 199 Å². The SMILES string of the molecule is C=CCCC(CC1C2CCCCC2C2CCCCC21)C1C2CCCCC2C2CCCCC21. The van der Waals surface area contributed by atoms with E-state index in [1.54, 1.807) is 109 Å². The maximum Gasteiger partial charge on any atom is -0.0323 e. The van der Waals surface area contributed by atoms with E-state index in [-0.39, 0.29) is 0 Å². The molecule has 180 valence electrons. The molecule has 0 aromatic rings. The fourth-order valence-electron chi connectivity index (χ4n) is 11.7. The van der Waals surface area contributed by atoms with Gasteiger partial charge in [0.05, 0.1) is 0 Å². The highest BCUT2D eigenvalue weighted by molar-refractivity contribution is 5.05. The molecule has 9 unspecified atom stereocenters. The highest BCUT2D eigenvalue weighted by Crippen LogP contribution is 2.63. The predicted molar refractivity (Wildman–Crippen MR) is 136 cm³/mol. The molecular weight excluding hydrogens is 384 g/mol. The summed E-state index contributed by atoms with van der Waals surface area (Å²) in [5.74, 6) is 12.2. The first-order chi connectivity index (χ1) is 15.9. The quantitative estimate of drug-likeness (QED) is 0.364. The monoisotopic (exact) mass is 436 g/mol. The van der Waals surface area contributed by atoms with Gasteiger partial charge in [0.1, 0.15) is 0 Å². The van der Waals surface area contributed by atoms with Crippen molar-refractivity contribution in [2.75, 3.05) is 0 Å². The van der Waals surface area contributed by atoms with E-state index in [1.807, 2.05) is 0 Å². The van der Waals surface area contributed by atoms with Crippen LogP contribution >= 0.6 is 0 Å². The van der Waals surface area contributed by atoms with Crippen LogP contribution in [0.5, 0.6) is 0 Å². The van der Waals surface area contributed by atoms with Crippen molar-refractivity contribution in [1.29, 1.82) is 0 Å². The maximum atomic E-state index is 4.19. The van der Waals surface area contributed by atoms with Crippen molar-refractivity contribution in [1.82, 2.24) is 0 Å². The molecule has 0 aromatic heterocycles. The van der Waals surface area contributed by atoms with Gasteiger partial charge in [-0.1, -0.05) is 57.4 Å². The molecule has 0 nitrogen and oxygen atoms in total. The van der Waals surface area contributed by atoms with Crippen LogP contribution in [0.4, 0.5) is 0 Å². The Balaban J connectivity index is 1.28. The average molecular weight is 437 g/mol. The molecule has 0 N–H and O–H groups in total. The Kier molecular flexibility index (Phi) is 6.79. The molecule has 6 aliphatic rings. The van der Waals surface area contributed by atoms with E-state index in [2.05, 4.69) is 12.7 Å². The third-order valence-corrected chi connectivity index (χ3v) is 12.5. The normalized spacial score (nSPS) is 48.9. The molecular formula is C32H52. The van der Waals surface area contributed by atoms with Crippen LogP contribution in [0.15, 0.2) is 12.7 Å². The van der Waals surface area contributed by atoms with Crippen molar-refractivity contribution in [2.24, 2.45) is 65.1 Å². The second kappa shape index (κ2) is 9.77. The summed E-state index contributed by atoms with van der Waals surface area (Å²) < 4.78 is 0. The minimum atomic E-state index is 1.03. The van der Waals surface area contributed by atoms with Gasteiger partial charge in [-0.05, 0) is 136 Å². The van der Waals surface area contributed by atoms with E-state index < -0.39 is 0 Å². The van der Waals surface area contributed by atoms with Gasteiger partial charge >= 0.3 is 0 Å². The van der Waals surface area contributed by atoms with Crippen molar-refractivity contribution >= 4 is 0 Å². The van der Waals surface area contributed by atoms with Gasteiger partial charge in [-0.2, -0.15) is 0 Å². The van der Waals surface area contributed by atoms with Crippen LogP contribution in [0.1, 0.15) is 122 Å². The molecule has 0 heteroatoms. The number of allylic oxidation sites excluding steroid dienone is 1. The fraction of sp³-hybridized carbons (Fsp3) is 0.938. The van der Waals surface area contributed by atoms with Crippen LogP contribution in [0.3, 0.4) is 0 Å². The lowest BCUT2D eigenvalue weighted by atomic mass is 9.65. The molecule has 0 saturated heterocycles. The van der Waals surface area contributed by atoms with Gasteiger partial charge in [0, 0.05) is 0 Å². The Morgan fingerprint density at radius 1 is 0.531 bits per heavy atom. The first-order valence-electron chi connectivity index (χ1n) is 15.5. The fourth-order valence-corrected chi connectivity index (χ4v) is 11.7. The highest BCUT2D eigenvalue weighted by atomic mass is 14.6. The average Bonchev–Trinajstić information content (AvgIpc) is 3.35. The van der Waals surface area contributed by atoms with Gasteiger partial charge in [-0.15, -0.1) is 6.58 Å².